The number of rotatable bonds is 9. The second-order valence-electron chi connectivity index (χ2n) is 7.26. The van der Waals surface area contributed by atoms with Crippen molar-refractivity contribution in [3.63, 3.8) is 0 Å². The maximum Gasteiger partial charge on any atom is 0.301 e. The molecule has 1 aliphatic heterocycles. The summed E-state index contributed by atoms with van der Waals surface area (Å²) in [6.45, 7) is 1.87. The molecule has 0 bridgehead atoms. The average Bonchev–Trinajstić information content (AvgIpc) is 2.75. The smallest absolute Gasteiger partial charge is 0.301 e. The van der Waals surface area contributed by atoms with Gasteiger partial charge in [-0.1, -0.05) is 11.6 Å². The second kappa shape index (κ2) is 11.3. The predicted octanol–water partition coefficient (Wildman–Crippen LogP) is 4.32. The zero-order valence-electron chi connectivity index (χ0n) is 17.3. The first-order valence-electron chi connectivity index (χ1n) is 9.91. The fourth-order valence-corrected chi connectivity index (χ4v) is 5.52. The Labute approximate surface area is 205 Å². The van der Waals surface area contributed by atoms with Gasteiger partial charge in [0.05, 0.1) is 23.0 Å². The maximum atomic E-state index is 14.6. The summed E-state index contributed by atoms with van der Waals surface area (Å²) in [5.74, 6) is -2.32. The van der Waals surface area contributed by atoms with Gasteiger partial charge in [0.2, 0.25) is 0 Å². The third kappa shape index (κ3) is 6.41. The molecule has 12 heteroatoms. The van der Waals surface area contributed by atoms with Gasteiger partial charge in [-0.25, -0.2) is 8.78 Å². The molecule has 0 aromatic heterocycles. The molecule has 7 nitrogen and oxygen atoms in total. The summed E-state index contributed by atoms with van der Waals surface area (Å²) in [4.78, 5) is 0. The molecule has 2 aromatic rings. The molecule has 176 valence electrons. The van der Waals surface area contributed by atoms with Crippen LogP contribution in [0.15, 0.2) is 30.3 Å². The van der Waals surface area contributed by atoms with Crippen molar-refractivity contribution in [2.75, 3.05) is 43.4 Å². The van der Waals surface area contributed by atoms with E-state index in [9.17, 15) is 17.2 Å². The number of nitrogens with one attached hydrogen (secondary N) is 3. The zero-order valence-corrected chi connectivity index (χ0v) is 21.0. The number of piperidine rings is 1. The minimum Gasteiger partial charge on any atom is -0.383 e. The van der Waals surface area contributed by atoms with Crippen LogP contribution in [-0.4, -0.2) is 52.1 Å². The molecule has 1 aliphatic rings. The molecule has 2 aromatic carbocycles. The van der Waals surface area contributed by atoms with E-state index in [1.165, 1.54) is 10.4 Å². The molecular formula is C20H24ClF2IN4O3S. The Bertz CT molecular complexity index is 1050. The van der Waals surface area contributed by atoms with E-state index in [1.807, 2.05) is 0 Å². The van der Waals surface area contributed by atoms with Crippen molar-refractivity contribution in [1.29, 1.82) is 0 Å². The van der Waals surface area contributed by atoms with E-state index in [-0.39, 0.29) is 22.4 Å². The minimum absolute atomic E-state index is 0.112. The normalized spacial score (nSPS) is 15.7. The summed E-state index contributed by atoms with van der Waals surface area (Å²) < 4.78 is 64.0. The Morgan fingerprint density at radius 2 is 1.88 bits per heavy atom. The molecule has 3 rings (SSSR count). The van der Waals surface area contributed by atoms with Crippen LogP contribution in [0.4, 0.5) is 25.8 Å². The lowest BCUT2D eigenvalue weighted by atomic mass is 10.1. The molecule has 32 heavy (non-hydrogen) atoms. The van der Waals surface area contributed by atoms with Crippen LogP contribution in [0.1, 0.15) is 12.8 Å². The van der Waals surface area contributed by atoms with Crippen molar-refractivity contribution in [2.24, 2.45) is 0 Å². The summed E-state index contributed by atoms with van der Waals surface area (Å²) in [5.41, 5.74) is -0.133. The topological polar surface area (TPSA) is 82.7 Å². The lowest BCUT2D eigenvalue weighted by Crippen LogP contribution is -2.47. The molecular weight excluding hydrogens is 577 g/mol. The molecule has 0 radical (unpaired) electrons. The number of nitrogens with zero attached hydrogens (tertiary/aromatic N) is 1. The van der Waals surface area contributed by atoms with Crippen LogP contribution in [0.3, 0.4) is 0 Å². The van der Waals surface area contributed by atoms with Crippen LogP contribution in [-0.2, 0) is 14.9 Å². The van der Waals surface area contributed by atoms with Crippen LogP contribution in [0.25, 0.3) is 0 Å². The van der Waals surface area contributed by atoms with Crippen molar-refractivity contribution in [2.45, 2.75) is 18.9 Å². The van der Waals surface area contributed by atoms with Gasteiger partial charge in [0.25, 0.3) is 0 Å². The zero-order chi connectivity index (χ0) is 23.3. The van der Waals surface area contributed by atoms with Crippen molar-refractivity contribution in [3.8, 4) is 0 Å². The summed E-state index contributed by atoms with van der Waals surface area (Å²) in [7, 11) is -2.36. The molecule has 0 spiro atoms. The van der Waals surface area contributed by atoms with Crippen LogP contribution in [0, 0.1) is 15.2 Å². The fourth-order valence-electron chi connectivity index (χ4n) is 3.35. The Balaban J connectivity index is 1.76. The molecule has 3 N–H and O–H groups in total. The van der Waals surface area contributed by atoms with Crippen molar-refractivity contribution < 1.29 is 21.9 Å². The third-order valence-electron chi connectivity index (χ3n) is 5.06. The van der Waals surface area contributed by atoms with E-state index in [1.54, 1.807) is 25.3 Å². The Morgan fingerprint density at radius 1 is 1.19 bits per heavy atom. The van der Waals surface area contributed by atoms with Gasteiger partial charge in [0, 0.05) is 36.4 Å². The van der Waals surface area contributed by atoms with Gasteiger partial charge in [-0.05, 0) is 65.8 Å². The second-order valence-corrected chi connectivity index (χ2v) is 10.6. The SMILES string of the molecule is COCCNC1CCN(S(=O)(=O)Nc2ccc(F)c(F)c2Nc2ccc(I)cc2Cl)CC1. The highest BCUT2D eigenvalue weighted by Gasteiger charge is 2.29. The highest BCUT2D eigenvalue weighted by atomic mass is 127. The number of halogens is 4. The lowest BCUT2D eigenvalue weighted by Gasteiger charge is -2.32. The first kappa shape index (κ1) is 25.4. The molecule has 0 saturated carbocycles. The first-order valence-corrected chi connectivity index (χ1v) is 12.8. The highest BCUT2D eigenvalue weighted by Crippen LogP contribution is 2.34. The van der Waals surface area contributed by atoms with Crippen LogP contribution >= 0.6 is 34.2 Å². The van der Waals surface area contributed by atoms with Gasteiger partial charge in [-0.15, -0.1) is 0 Å². The Hall–Kier alpha value is -1.25. The predicted molar refractivity (Wildman–Crippen MR) is 131 cm³/mol. The third-order valence-corrected chi connectivity index (χ3v) is 7.56. The largest absolute Gasteiger partial charge is 0.383 e. The molecule has 1 saturated heterocycles. The molecule has 0 unspecified atom stereocenters. The Kier molecular flexibility index (Phi) is 8.92. The standard InChI is InChI=1S/C20H24ClF2IN4O3S/c1-31-11-8-25-14-6-9-28(10-7-14)32(29,30)27-18-5-3-16(22)19(23)20(18)26-17-4-2-13(24)12-15(17)21/h2-5,12,14,25-27H,6-11H2,1H3. The Morgan fingerprint density at radius 3 is 2.53 bits per heavy atom. The number of methoxy groups -OCH3 is 1. The number of hydrogen-bond acceptors (Lipinski definition) is 5. The number of ether oxygens (including phenoxy) is 1. The molecule has 1 fully saturated rings. The minimum atomic E-state index is -3.98. The van der Waals surface area contributed by atoms with E-state index in [0.717, 1.165) is 9.64 Å². The monoisotopic (exact) mass is 600 g/mol. The maximum absolute atomic E-state index is 14.6. The highest BCUT2D eigenvalue weighted by molar-refractivity contribution is 14.1. The lowest BCUT2D eigenvalue weighted by molar-refractivity contribution is 0.189. The fraction of sp³-hybridized carbons (Fsp3) is 0.400. The number of benzene rings is 2. The summed E-state index contributed by atoms with van der Waals surface area (Å²) in [6, 6.07) is 7.24. The summed E-state index contributed by atoms with van der Waals surface area (Å²) in [6.07, 6.45) is 1.26. The summed E-state index contributed by atoms with van der Waals surface area (Å²) >= 11 is 8.26. The van der Waals surface area contributed by atoms with Gasteiger partial charge < -0.3 is 15.4 Å². The summed E-state index contributed by atoms with van der Waals surface area (Å²) in [5, 5.41) is 6.33. The van der Waals surface area contributed by atoms with Gasteiger partial charge >= 0.3 is 10.2 Å². The average molecular weight is 601 g/mol. The van der Waals surface area contributed by atoms with Crippen molar-refractivity contribution in [1.82, 2.24) is 9.62 Å². The van der Waals surface area contributed by atoms with E-state index in [4.69, 9.17) is 16.3 Å². The van der Waals surface area contributed by atoms with E-state index in [0.29, 0.717) is 44.8 Å². The van der Waals surface area contributed by atoms with Crippen LogP contribution < -0.4 is 15.4 Å². The first-order chi connectivity index (χ1) is 15.2. The molecule has 0 amide bonds. The van der Waals surface area contributed by atoms with Gasteiger partial charge in [-0.3, -0.25) is 4.72 Å². The van der Waals surface area contributed by atoms with Gasteiger partial charge in [0.1, 0.15) is 5.69 Å². The van der Waals surface area contributed by atoms with Crippen molar-refractivity contribution >= 4 is 61.5 Å². The van der Waals surface area contributed by atoms with E-state index >= 15 is 0 Å². The molecule has 0 aliphatic carbocycles. The molecule has 1 heterocycles. The number of hydrogen-bond donors (Lipinski definition) is 3. The quantitative estimate of drug-likeness (QED) is 0.295. The van der Waals surface area contributed by atoms with Gasteiger partial charge in [-0.2, -0.15) is 12.7 Å². The van der Waals surface area contributed by atoms with E-state index in [2.05, 4.69) is 37.9 Å². The molecule has 0 atom stereocenters. The van der Waals surface area contributed by atoms with Crippen molar-refractivity contribution in [3.05, 3.63) is 50.6 Å². The van der Waals surface area contributed by atoms with Gasteiger partial charge in [0.15, 0.2) is 11.6 Å². The number of anilines is 3. The van der Waals surface area contributed by atoms with E-state index < -0.39 is 21.8 Å². The van der Waals surface area contributed by atoms with Crippen LogP contribution in [0.5, 0.6) is 0 Å². The van der Waals surface area contributed by atoms with Crippen LogP contribution in [0.2, 0.25) is 5.02 Å².